The van der Waals surface area contributed by atoms with Crippen LogP contribution in [-0.4, -0.2) is 15.2 Å². The Labute approximate surface area is 121 Å². The summed E-state index contributed by atoms with van der Waals surface area (Å²) < 4.78 is 0. The Morgan fingerprint density at radius 3 is 2.70 bits per heavy atom. The van der Waals surface area contributed by atoms with Crippen molar-refractivity contribution in [3.05, 3.63) is 52.8 Å². The molecule has 0 spiro atoms. The third-order valence-corrected chi connectivity index (χ3v) is 3.72. The third kappa shape index (κ3) is 2.18. The normalized spacial score (nSPS) is 10.8. The smallest absolute Gasteiger partial charge is 0.156 e. The first-order chi connectivity index (χ1) is 9.66. The maximum Gasteiger partial charge on any atom is 0.156 e. The Morgan fingerprint density at radius 2 is 1.85 bits per heavy atom. The van der Waals surface area contributed by atoms with Crippen LogP contribution in [0.1, 0.15) is 11.1 Å². The number of pyridine rings is 1. The van der Waals surface area contributed by atoms with Crippen LogP contribution in [0.5, 0.6) is 0 Å². The van der Waals surface area contributed by atoms with Crippen LogP contribution in [0.3, 0.4) is 0 Å². The zero-order valence-electron chi connectivity index (χ0n) is 11.2. The molecule has 0 fully saturated rings. The average Bonchev–Trinajstić information content (AvgIpc) is 2.48. The van der Waals surface area contributed by atoms with E-state index in [0.717, 1.165) is 27.7 Å². The summed E-state index contributed by atoms with van der Waals surface area (Å²) in [5, 5.41) is 12.9. The van der Waals surface area contributed by atoms with Gasteiger partial charge in [0.1, 0.15) is 0 Å². The number of hydrogen-bond donors (Lipinski definition) is 1. The fourth-order valence-electron chi connectivity index (χ4n) is 2.03. The Morgan fingerprint density at radius 1 is 1.00 bits per heavy atom. The zero-order valence-corrected chi connectivity index (χ0v) is 11.9. The van der Waals surface area contributed by atoms with Crippen LogP contribution in [-0.2, 0) is 0 Å². The molecule has 0 bridgehead atoms. The number of anilines is 2. The van der Waals surface area contributed by atoms with Crippen molar-refractivity contribution in [1.82, 2.24) is 15.2 Å². The zero-order chi connectivity index (χ0) is 14.1. The summed E-state index contributed by atoms with van der Waals surface area (Å²) in [5.41, 5.74) is 3.82. The molecule has 20 heavy (non-hydrogen) atoms. The molecular formula is C15H13ClN4. The first-order valence-electron chi connectivity index (χ1n) is 6.27. The lowest BCUT2D eigenvalue weighted by atomic mass is 10.1. The summed E-state index contributed by atoms with van der Waals surface area (Å²) in [4.78, 5) is 4.34. The van der Waals surface area contributed by atoms with Crippen molar-refractivity contribution in [2.45, 2.75) is 13.8 Å². The van der Waals surface area contributed by atoms with Gasteiger partial charge in [-0.2, -0.15) is 0 Å². The molecule has 0 aliphatic carbocycles. The molecule has 0 saturated carbocycles. The minimum absolute atomic E-state index is 0.438. The second kappa shape index (κ2) is 5.06. The highest BCUT2D eigenvalue weighted by Crippen LogP contribution is 2.27. The molecule has 2 heterocycles. The minimum atomic E-state index is 0.438. The van der Waals surface area contributed by atoms with Gasteiger partial charge in [0.2, 0.25) is 0 Å². The van der Waals surface area contributed by atoms with E-state index in [0.29, 0.717) is 11.0 Å². The second-order valence-corrected chi connectivity index (χ2v) is 4.95. The molecule has 0 aliphatic rings. The van der Waals surface area contributed by atoms with E-state index in [1.807, 2.05) is 44.2 Å². The van der Waals surface area contributed by atoms with Crippen molar-refractivity contribution < 1.29 is 0 Å². The van der Waals surface area contributed by atoms with Gasteiger partial charge < -0.3 is 5.32 Å². The van der Waals surface area contributed by atoms with Gasteiger partial charge in [0, 0.05) is 17.3 Å². The standard InChI is InChI=1S/C15H13ClN4/c1-9-10(2)15(20-19-14(9)16)18-13-7-3-6-12-11(13)5-4-8-17-12/h3-8H,1-2H3,(H,18,20). The Hall–Kier alpha value is -2.20. The van der Waals surface area contributed by atoms with Crippen LogP contribution in [0.4, 0.5) is 11.5 Å². The fraction of sp³-hybridized carbons (Fsp3) is 0.133. The molecule has 1 N–H and O–H groups in total. The molecule has 2 aromatic heterocycles. The second-order valence-electron chi connectivity index (χ2n) is 4.59. The largest absolute Gasteiger partial charge is 0.338 e. The molecule has 3 aromatic rings. The van der Waals surface area contributed by atoms with Crippen LogP contribution in [0.15, 0.2) is 36.5 Å². The maximum atomic E-state index is 5.97. The third-order valence-electron chi connectivity index (χ3n) is 3.36. The highest BCUT2D eigenvalue weighted by atomic mass is 35.5. The van der Waals surface area contributed by atoms with E-state index in [1.165, 1.54) is 0 Å². The van der Waals surface area contributed by atoms with Crippen LogP contribution < -0.4 is 5.32 Å². The first kappa shape index (κ1) is 12.8. The van der Waals surface area contributed by atoms with Crippen molar-refractivity contribution in [3.63, 3.8) is 0 Å². The SMILES string of the molecule is Cc1c(Cl)nnc(Nc2cccc3ncccc23)c1C. The first-order valence-corrected chi connectivity index (χ1v) is 6.65. The maximum absolute atomic E-state index is 5.97. The number of rotatable bonds is 2. The van der Waals surface area contributed by atoms with E-state index >= 15 is 0 Å². The number of benzene rings is 1. The van der Waals surface area contributed by atoms with E-state index in [2.05, 4.69) is 20.5 Å². The molecule has 100 valence electrons. The number of nitrogens with zero attached hydrogens (tertiary/aromatic N) is 3. The molecule has 1 aromatic carbocycles. The Kier molecular flexibility index (Phi) is 3.24. The summed E-state index contributed by atoms with van der Waals surface area (Å²) in [6, 6.07) is 9.87. The molecule has 0 unspecified atom stereocenters. The fourth-order valence-corrected chi connectivity index (χ4v) is 2.21. The summed E-state index contributed by atoms with van der Waals surface area (Å²) in [6.07, 6.45) is 1.78. The van der Waals surface area contributed by atoms with E-state index in [-0.39, 0.29) is 0 Å². The highest BCUT2D eigenvalue weighted by molar-refractivity contribution is 6.30. The number of halogens is 1. The summed E-state index contributed by atoms with van der Waals surface area (Å²) in [6.45, 7) is 3.91. The molecular weight excluding hydrogens is 272 g/mol. The van der Waals surface area contributed by atoms with Crippen LogP contribution in [0.2, 0.25) is 5.15 Å². The van der Waals surface area contributed by atoms with Crippen molar-refractivity contribution in [2.24, 2.45) is 0 Å². The van der Waals surface area contributed by atoms with E-state index in [1.54, 1.807) is 6.20 Å². The number of fused-ring (bicyclic) bond motifs is 1. The van der Waals surface area contributed by atoms with Gasteiger partial charge in [0.15, 0.2) is 11.0 Å². The summed E-state index contributed by atoms with van der Waals surface area (Å²) in [7, 11) is 0. The van der Waals surface area contributed by atoms with Crippen molar-refractivity contribution in [1.29, 1.82) is 0 Å². The van der Waals surface area contributed by atoms with Gasteiger partial charge in [-0.15, -0.1) is 10.2 Å². The molecule has 3 rings (SSSR count). The minimum Gasteiger partial charge on any atom is -0.338 e. The van der Waals surface area contributed by atoms with Crippen LogP contribution >= 0.6 is 11.6 Å². The molecule has 0 amide bonds. The van der Waals surface area contributed by atoms with Crippen LogP contribution in [0.25, 0.3) is 10.9 Å². The van der Waals surface area contributed by atoms with E-state index < -0.39 is 0 Å². The molecule has 5 heteroatoms. The summed E-state index contributed by atoms with van der Waals surface area (Å²) >= 11 is 5.97. The number of aromatic nitrogens is 3. The van der Waals surface area contributed by atoms with Gasteiger partial charge in [-0.1, -0.05) is 17.7 Å². The quantitative estimate of drug-likeness (QED) is 0.771. The van der Waals surface area contributed by atoms with Gasteiger partial charge in [-0.25, -0.2) is 0 Å². The molecule has 0 aliphatic heterocycles. The number of nitrogens with one attached hydrogen (secondary N) is 1. The predicted molar refractivity (Wildman–Crippen MR) is 81.5 cm³/mol. The van der Waals surface area contributed by atoms with Crippen molar-refractivity contribution in [2.75, 3.05) is 5.32 Å². The predicted octanol–water partition coefficient (Wildman–Crippen LogP) is 4.04. The molecule has 4 nitrogen and oxygen atoms in total. The van der Waals surface area contributed by atoms with E-state index in [9.17, 15) is 0 Å². The lowest BCUT2D eigenvalue weighted by Gasteiger charge is -2.12. The van der Waals surface area contributed by atoms with Crippen LogP contribution in [0, 0.1) is 13.8 Å². The average molecular weight is 285 g/mol. The molecule has 0 atom stereocenters. The molecule has 0 saturated heterocycles. The highest BCUT2D eigenvalue weighted by Gasteiger charge is 2.09. The monoisotopic (exact) mass is 284 g/mol. The Balaban J connectivity index is 2.08. The lowest BCUT2D eigenvalue weighted by Crippen LogP contribution is -2.01. The van der Waals surface area contributed by atoms with Gasteiger partial charge >= 0.3 is 0 Å². The van der Waals surface area contributed by atoms with Gasteiger partial charge in [-0.3, -0.25) is 4.98 Å². The van der Waals surface area contributed by atoms with Gasteiger partial charge in [-0.05, 0) is 49.2 Å². The Bertz CT molecular complexity index is 781. The topological polar surface area (TPSA) is 50.7 Å². The van der Waals surface area contributed by atoms with Crippen molar-refractivity contribution in [3.8, 4) is 0 Å². The van der Waals surface area contributed by atoms with Gasteiger partial charge in [0.05, 0.1) is 5.52 Å². The summed E-state index contributed by atoms with van der Waals surface area (Å²) in [5.74, 6) is 0.711. The number of hydrogen-bond acceptors (Lipinski definition) is 4. The molecule has 0 radical (unpaired) electrons. The lowest BCUT2D eigenvalue weighted by molar-refractivity contribution is 1.00. The van der Waals surface area contributed by atoms with Crippen molar-refractivity contribution >= 4 is 34.0 Å². The van der Waals surface area contributed by atoms with Gasteiger partial charge in [0.25, 0.3) is 0 Å². The van der Waals surface area contributed by atoms with E-state index in [4.69, 9.17) is 11.6 Å².